The SMILES string of the molecule is CC(Oc1cccc(F)c1)C(N)=O. The fourth-order valence-corrected chi connectivity index (χ4v) is 0.803. The number of primary amides is 1. The zero-order valence-corrected chi connectivity index (χ0v) is 7.16. The molecular formula is C9H10FNO2. The van der Waals surface area contributed by atoms with Crippen LogP contribution in [0.25, 0.3) is 0 Å². The zero-order valence-electron chi connectivity index (χ0n) is 7.16. The van der Waals surface area contributed by atoms with Gasteiger partial charge in [0, 0.05) is 6.07 Å². The Kier molecular flexibility index (Phi) is 2.84. The van der Waals surface area contributed by atoms with Crippen LogP contribution in [0.5, 0.6) is 5.75 Å². The molecule has 0 radical (unpaired) electrons. The van der Waals surface area contributed by atoms with E-state index in [4.69, 9.17) is 10.5 Å². The molecule has 3 nitrogen and oxygen atoms in total. The Morgan fingerprint density at radius 2 is 2.31 bits per heavy atom. The summed E-state index contributed by atoms with van der Waals surface area (Å²) in [5.41, 5.74) is 4.96. The van der Waals surface area contributed by atoms with E-state index in [-0.39, 0.29) is 0 Å². The summed E-state index contributed by atoms with van der Waals surface area (Å²) in [5, 5.41) is 0. The van der Waals surface area contributed by atoms with Crippen LogP contribution in [0.15, 0.2) is 24.3 Å². The van der Waals surface area contributed by atoms with Gasteiger partial charge in [0.2, 0.25) is 0 Å². The molecule has 4 heteroatoms. The van der Waals surface area contributed by atoms with E-state index in [0.29, 0.717) is 5.75 Å². The Labute approximate surface area is 75.3 Å². The predicted molar refractivity (Wildman–Crippen MR) is 45.7 cm³/mol. The van der Waals surface area contributed by atoms with Gasteiger partial charge in [0.1, 0.15) is 11.6 Å². The van der Waals surface area contributed by atoms with Gasteiger partial charge in [-0.2, -0.15) is 0 Å². The third-order valence-electron chi connectivity index (χ3n) is 1.51. The van der Waals surface area contributed by atoms with Crippen LogP contribution in [0.4, 0.5) is 4.39 Å². The monoisotopic (exact) mass is 183 g/mol. The van der Waals surface area contributed by atoms with Crippen molar-refractivity contribution in [3.8, 4) is 5.75 Å². The Morgan fingerprint density at radius 1 is 1.62 bits per heavy atom. The number of halogens is 1. The van der Waals surface area contributed by atoms with E-state index in [1.807, 2.05) is 0 Å². The minimum absolute atomic E-state index is 0.298. The summed E-state index contributed by atoms with van der Waals surface area (Å²) < 4.78 is 17.7. The molecule has 0 bridgehead atoms. The third-order valence-corrected chi connectivity index (χ3v) is 1.51. The number of rotatable bonds is 3. The van der Waals surface area contributed by atoms with Crippen molar-refractivity contribution in [3.63, 3.8) is 0 Å². The summed E-state index contributed by atoms with van der Waals surface area (Å²) >= 11 is 0. The molecule has 0 heterocycles. The molecule has 0 fully saturated rings. The molecule has 2 N–H and O–H groups in total. The molecule has 0 aliphatic heterocycles. The van der Waals surface area contributed by atoms with Gasteiger partial charge in [-0.1, -0.05) is 6.07 Å². The van der Waals surface area contributed by atoms with Crippen molar-refractivity contribution in [2.45, 2.75) is 13.0 Å². The van der Waals surface area contributed by atoms with E-state index < -0.39 is 17.8 Å². The maximum absolute atomic E-state index is 12.6. The molecule has 1 aromatic carbocycles. The molecule has 0 spiro atoms. The van der Waals surface area contributed by atoms with Crippen molar-refractivity contribution in [2.24, 2.45) is 5.73 Å². The Morgan fingerprint density at radius 3 is 2.85 bits per heavy atom. The second-order valence-electron chi connectivity index (χ2n) is 2.62. The lowest BCUT2D eigenvalue weighted by molar-refractivity contribution is -0.123. The fraction of sp³-hybridized carbons (Fsp3) is 0.222. The van der Waals surface area contributed by atoms with Crippen LogP contribution in [-0.2, 0) is 4.79 Å². The normalized spacial score (nSPS) is 12.2. The van der Waals surface area contributed by atoms with E-state index in [2.05, 4.69) is 0 Å². The van der Waals surface area contributed by atoms with Crippen molar-refractivity contribution in [3.05, 3.63) is 30.1 Å². The van der Waals surface area contributed by atoms with Gasteiger partial charge >= 0.3 is 0 Å². The number of amides is 1. The lowest BCUT2D eigenvalue weighted by Crippen LogP contribution is -2.30. The number of hydrogen-bond donors (Lipinski definition) is 1. The molecule has 1 atom stereocenters. The van der Waals surface area contributed by atoms with Crippen LogP contribution in [0, 0.1) is 5.82 Å². The standard InChI is InChI=1S/C9H10FNO2/c1-6(9(11)12)13-8-4-2-3-7(10)5-8/h2-6H,1H3,(H2,11,12). The van der Waals surface area contributed by atoms with E-state index in [1.165, 1.54) is 25.1 Å². The average Bonchev–Trinajstić information content (AvgIpc) is 2.04. The van der Waals surface area contributed by atoms with E-state index in [0.717, 1.165) is 0 Å². The van der Waals surface area contributed by atoms with E-state index in [1.54, 1.807) is 6.07 Å². The Bertz CT molecular complexity index is 314. The van der Waals surface area contributed by atoms with Gasteiger partial charge in [0.25, 0.3) is 5.91 Å². The molecule has 0 saturated heterocycles. The first-order chi connectivity index (χ1) is 6.09. The molecule has 0 saturated carbocycles. The second-order valence-corrected chi connectivity index (χ2v) is 2.62. The summed E-state index contributed by atoms with van der Waals surface area (Å²) in [6.45, 7) is 1.51. The number of ether oxygens (including phenoxy) is 1. The summed E-state index contributed by atoms with van der Waals surface area (Å²) in [5.74, 6) is -0.690. The third kappa shape index (κ3) is 2.74. The van der Waals surface area contributed by atoms with Gasteiger partial charge in [-0.25, -0.2) is 4.39 Å². The number of benzene rings is 1. The highest BCUT2D eigenvalue weighted by Gasteiger charge is 2.09. The van der Waals surface area contributed by atoms with E-state index in [9.17, 15) is 9.18 Å². The van der Waals surface area contributed by atoms with Gasteiger partial charge in [0.15, 0.2) is 6.10 Å². The molecule has 1 aromatic rings. The summed E-state index contributed by atoms with van der Waals surface area (Å²) in [6, 6.07) is 5.54. The topological polar surface area (TPSA) is 52.3 Å². The van der Waals surface area contributed by atoms with Crippen molar-refractivity contribution < 1.29 is 13.9 Å². The van der Waals surface area contributed by atoms with Gasteiger partial charge < -0.3 is 10.5 Å². The first kappa shape index (κ1) is 9.51. The number of carbonyl (C=O) groups is 1. The molecule has 0 aliphatic rings. The number of carbonyl (C=O) groups excluding carboxylic acids is 1. The van der Waals surface area contributed by atoms with Crippen molar-refractivity contribution >= 4 is 5.91 Å². The molecule has 1 unspecified atom stereocenters. The Balaban J connectivity index is 2.69. The van der Waals surface area contributed by atoms with Crippen LogP contribution in [0.1, 0.15) is 6.92 Å². The van der Waals surface area contributed by atoms with Crippen molar-refractivity contribution in [1.82, 2.24) is 0 Å². The molecular weight excluding hydrogens is 173 g/mol. The highest BCUT2D eigenvalue weighted by Crippen LogP contribution is 2.13. The summed E-state index contributed by atoms with van der Waals surface area (Å²) in [4.78, 5) is 10.6. The molecule has 13 heavy (non-hydrogen) atoms. The van der Waals surface area contributed by atoms with Crippen LogP contribution < -0.4 is 10.5 Å². The van der Waals surface area contributed by atoms with Gasteiger partial charge in [-0.05, 0) is 19.1 Å². The molecule has 0 aliphatic carbocycles. The largest absolute Gasteiger partial charge is 0.481 e. The molecule has 1 rings (SSSR count). The molecule has 70 valence electrons. The van der Waals surface area contributed by atoms with Gasteiger partial charge in [-0.15, -0.1) is 0 Å². The van der Waals surface area contributed by atoms with Crippen LogP contribution in [0.2, 0.25) is 0 Å². The Hall–Kier alpha value is -1.58. The average molecular weight is 183 g/mol. The van der Waals surface area contributed by atoms with Crippen molar-refractivity contribution in [1.29, 1.82) is 0 Å². The molecule has 1 amide bonds. The highest BCUT2D eigenvalue weighted by atomic mass is 19.1. The number of hydrogen-bond acceptors (Lipinski definition) is 2. The van der Waals surface area contributed by atoms with Crippen LogP contribution in [-0.4, -0.2) is 12.0 Å². The first-order valence-corrected chi connectivity index (χ1v) is 3.81. The van der Waals surface area contributed by atoms with Crippen LogP contribution in [0.3, 0.4) is 0 Å². The molecule has 0 aromatic heterocycles. The maximum Gasteiger partial charge on any atom is 0.258 e. The quantitative estimate of drug-likeness (QED) is 0.762. The van der Waals surface area contributed by atoms with Crippen LogP contribution >= 0.6 is 0 Å². The maximum atomic E-state index is 12.6. The summed E-state index contributed by atoms with van der Waals surface area (Å²) in [6.07, 6.45) is -0.748. The highest BCUT2D eigenvalue weighted by molar-refractivity contribution is 5.78. The first-order valence-electron chi connectivity index (χ1n) is 3.81. The van der Waals surface area contributed by atoms with Crippen molar-refractivity contribution in [2.75, 3.05) is 0 Å². The minimum atomic E-state index is -0.748. The lowest BCUT2D eigenvalue weighted by atomic mass is 10.3. The second kappa shape index (κ2) is 3.89. The predicted octanol–water partition coefficient (Wildman–Crippen LogP) is 1.08. The van der Waals surface area contributed by atoms with E-state index >= 15 is 0 Å². The summed E-state index contributed by atoms with van der Waals surface area (Å²) in [7, 11) is 0. The lowest BCUT2D eigenvalue weighted by Gasteiger charge is -2.10. The zero-order chi connectivity index (χ0) is 9.84. The minimum Gasteiger partial charge on any atom is -0.481 e. The number of nitrogens with two attached hydrogens (primary N) is 1. The smallest absolute Gasteiger partial charge is 0.258 e. The fourth-order valence-electron chi connectivity index (χ4n) is 0.803. The van der Waals surface area contributed by atoms with Gasteiger partial charge in [-0.3, -0.25) is 4.79 Å². The van der Waals surface area contributed by atoms with Gasteiger partial charge in [0.05, 0.1) is 0 Å².